The average molecular weight is 230 g/mol. The topological polar surface area (TPSA) is 35.5 Å². The Hall–Kier alpha value is -0.570. The molecular formula is C13H26O3. The highest BCUT2D eigenvalue weighted by Crippen LogP contribution is 2.23. The predicted molar refractivity (Wildman–Crippen MR) is 65.3 cm³/mol. The molecule has 0 aliphatic rings. The van der Waals surface area contributed by atoms with Gasteiger partial charge in [-0.05, 0) is 19.3 Å². The van der Waals surface area contributed by atoms with Crippen LogP contribution in [-0.2, 0) is 14.3 Å². The molecule has 0 bridgehead atoms. The van der Waals surface area contributed by atoms with Crippen LogP contribution in [0.1, 0.15) is 47.0 Å². The molecule has 0 saturated heterocycles. The minimum Gasteiger partial charge on any atom is -0.463 e. The van der Waals surface area contributed by atoms with Crippen molar-refractivity contribution in [2.75, 3.05) is 19.8 Å². The quantitative estimate of drug-likeness (QED) is 0.451. The van der Waals surface area contributed by atoms with Gasteiger partial charge in [0.2, 0.25) is 0 Å². The second kappa shape index (κ2) is 9.64. The van der Waals surface area contributed by atoms with Crippen molar-refractivity contribution in [3.05, 3.63) is 0 Å². The van der Waals surface area contributed by atoms with Gasteiger partial charge in [-0.1, -0.05) is 33.6 Å². The van der Waals surface area contributed by atoms with Crippen molar-refractivity contribution in [3.63, 3.8) is 0 Å². The van der Waals surface area contributed by atoms with Crippen LogP contribution in [0.25, 0.3) is 0 Å². The standard InChI is InChI=1S/C13H26O3/c1-5-11(6-2)12(7-3)13(14)16-10-9-15-8-4/h11-12H,5-10H2,1-4H3. The highest BCUT2D eigenvalue weighted by molar-refractivity contribution is 5.72. The summed E-state index contributed by atoms with van der Waals surface area (Å²) in [4.78, 5) is 11.8. The van der Waals surface area contributed by atoms with Crippen LogP contribution in [0.2, 0.25) is 0 Å². The Morgan fingerprint density at radius 2 is 1.62 bits per heavy atom. The highest BCUT2D eigenvalue weighted by Gasteiger charge is 2.25. The van der Waals surface area contributed by atoms with Crippen LogP contribution in [-0.4, -0.2) is 25.8 Å². The zero-order valence-corrected chi connectivity index (χ0v) is 11.1. The Kier molecular flexibility index (Phi) is 9.30. The lowest BCUT2D eigenvalue weighted by Crippen LogP contribution is -2.26. The zero-order chi connectivity index (χ0) is 12.4. The summed E-state index contributed by atoms with van der Waals surface area (Å²) < 4.78 is 10.4. The molecule has 0 spiro atoms. The number of hydrogen-bond donors (Lipinski definition) is 0. The number of rotatable bonds is 9. The lowest BCUT2D eigenvalue weighted by Gasteiger charge is -2.22. The Morgan fingerprint density at radius 1 is 1.00 bits per heavy atom. The van der Waals surface area contributed by atoms with E-state index in [-0.39, 0.29) is 11.9 Å². The number of esters is 1. The third kappa shape index (κ3) is 5.50. The molecule has 0 aliphatic heterocycles. The molecule has 0 rings (SSSR count). The van der Waals surface area contributed by atoms with Crippen LogP contribution < -0.4 is 0 Å². The van der Waals surface area contributed by atoms with E-state index in [0.29, 0.717) is 25.7 Å². The minimum absolute atomic E-state index is 0.0524. The maximum atomic E-state index is 11.8. The fourth-order valence-electron chi connectivity index (χ4n) is 2.00. The first kappa shape index (κ1) is 15.4. The first-order chi connectivity index (χ1) is 7.71. The molecule has 96 valence electrons. The second-order valence-electron chi connectivity index (χ2n) is 3.96. The monoisotopic (exact) mass is 230 g/mol. The van der Waals surface area contributed by atoms with Gasteiger partial charge in [0.1, 0.15) is 6.61 Å². The lowest BCUT2D eigenvalue weighted by atomic mass is 9.86. The molecular weight excluding hydrogens is 204 g/mol. The van der Waals surface area contributed by atoms with Crippen molar-refractivity contribution in [1.82, 2.24) is 0 Å². The number of hydrogen-bond acceptors (Lipinski definition) is 3. The third-order valence-corrected chi connectivity index (χ3v) is 3.04. The summed E-state index contributed by atoms with van der Waals surface area (Å²) in [6, 6.07) is 0. The van der Waals surface area contributed by atoms with E-state index in [1.165, 1.54) is 0 Å². The summed E-state index contributed by atoms with van der Waals surface area (Å²) in [7, 11) is 0. The smallest absolute Gasteiger partial charge is 0.309 e. The van der Waals surface area contributed by atoms with E-state index in [2.05, 4.69) is 13.8 Å². The van der Waals surface area contributed by atoms with E-state index in [0.717, 1.165) is 19.3 Å². The molecule has 1 atom stereocenters. The lowest BCUT2D eigenvalue weighted by molar-refractivity contribution is -0.152. The Balaban J connectivity index is 3.99. The third-order valence-electron chi connectivity index (χ3n) is 3.04. The summed E-state index contributed by atoms with van der Waals surface area (Å²) >= 11 is 0. The molecule has 3 nitrogen and oxygen atoms in total. The summed E-state index contributed by atoms with van der Waals surface area (Å²) in [6.07, 6.45) is 2.94. The fourth-order valence-corrected chi connectivity index (χ4v) is 2.00. The molecule has 0 aromatic heterocycles. The normalized spacial score (nSPS) is 12.8. The zero-order valence-electron chi connectivity index (χ0n) is 11.1. The van der Waals surface area contributed by atoms with Gasteiger partial charge in [0.15, 0.2) is 0 Å². The van der Waals surface area contributed by atoms with E-state index in [9.17, 15) is 4.79 Å². The van der Waals surface area contributed by atoms with Gasteiger partial charge in [0, 0.05) is 6.61 Å². The minimum atomic E-state index is -0.0593. The number of carbonyl (C=O) groups is 1. The average Bonchev–Trinajstić information content (AvgIpc) is 2.31. The molecule has 0 N–H and O–H groups in total. The van der Waals surface area contributed by atoms with E-state index < -0.39 is 0 Å². The molecule has 3 heteroatoms. The Bertz CT molecular complexity index is 176. The van der Waals surface area contributed by atoms with Crippen molar-refractivity contribution >= 4 is 5.97 Å². The maximum absolute atomic E-state index is 11.8. The highest BCUT2D eigenvalue weighted by atomic mass is 16.6. The van der Waals surface area contributed by atoms with Gasteiger partial charge in [-0.3, -0.25) is 4.79 Å². The van der Waals surface area contributed by atoms with Crippen LogP contribution in [0.5, 0.6) is 0 Å². The van der Waals surface area contributed by atoms with E-state index in [1.807, 2.05) is 13.8 Å². The van der Waals surface area contributed by atoms with Crippen LogP contribution in [0.4, 0.5) is 0 Å². The van der Waals surface area contributed by atoms with Crippen molar-refractivity contribution < 1.29 is 14.3 Å². The Morgan fingerprint density at radius 3 is 2.06 bits per heavy atom. The van der Waals surface area contributed by atoms with Crippen molar-refractivity contribution in [2.45, 2.75) is 47.0 Å². The van der Waals surface area contributed by atoms with Crippen LogP contribution in [0.15, 0.2) is 0 Å². The summed E-state index contributed by atoms with van der Waals surface area (Å²) in [5.41, 5.74) is 0. The number of ether oxygens (including phenoxy) is 2. The molecule has 0 saturated carbocycles. The SMILES string of the molecule is CCOCCOC(=O)C(CC)C(CC)CC. The van der Waals surface area contributed by atoms with E-state index in [4.69, 9.17) is 9.47 Å². The maximum Gasteiger partial charge on any atom is 0.309 e. The van der Waals surface area contributed by atoms with E-state index >= 15 is 0 Å². The molecule has 0 heterocycles. The first-order valence-electron chi connectivity index (χ1n) is 6.45. The summed E-state index contributed by atoms with van der Waals surface area (Å²) in [5.74, 6) is 0.442. The predicted octanol–water partition coefficient (Wildman–Crippen LogP) is 3.03. The van der Waals surface area contributed by atoms with Crippen LogP contribution in [0.3, 0.4) is 0 Å². The van der Waals surface area contributed by atoms with Gasteiger partial charge in [-0.25, -0.2) is 0 Å². The van der Waals surface area contributed by atoms with Crippen LogP contribution >= 0.6 is 0 Å². The van der Waals surface area contributed by atoms with Crippen molar-refractivity contribution in [2.24, 2.45) is 11.8 Å². The molecule has 0 radical (unpaired) electrons. The molecule has 0 amide bonds. The van der Waals surface area contributed by atoms with Gasteiger partial charge in [-0.2, -0.15) is 0 Å². The van der Waals surface area contributed by atoms with Crippen LogP contribution in [0, 0.1) is 11.8 Å². The summed E-state index contributed by atoms with van der Waals surface area (Å²) in [5, 5.41) is 0. The van der Waals surface area contributed by atoms with E-state index in [1.54, 1.807) is 0 Å². The molecule has 16 heavy (non-hydrogen) atoms. The first-order valence-corrected chi connectivity index (χ1v) is 6.45. The largest absolute Gasteiger partial charge is 0.463 e. The fraction of sp³-hybridized carbons (Fsp3) is 0.923. The molecule has 1 unspecified atom stereocenters. The molecule has 0 fully saturated rings. The van der Waals surface area contributed by atoms with Crippen molar-refractivity contribution in [1.29, 1.82) is 0 Å². The van der Waals surface area contributed by atoms with Gasteiger partial charge < -0.3 is 9.47 Å². The molecule has 0 aromatic carbocycles. The van der Waals surface area contributed by atoms with Gasteiger partial charge in [-0.15, -0.1) is 0 Å². The van der Waals surface area contributed by atoms with Gasteiger partial charge >= 0.3 is 5.97 Å². The number of carbonyl (C=O) groups excluding carboxylic acids is 1. The summed E-state index contributed by atoms with van der Waals surface area (Å²) in [6.45, 7) is 9.79. The molecule has 0 aliphatic carbocycles. The van der Waals surface area contributed by atoms with Gasteiger partial charge in [0.25, 0.3) is 0 Å². The molecule has 0 aromatic rings. The Labute approximate surface area is 99.5 Å². The second-order valence-corrected chi connectivity index (χ2v) is 3.96. The van der Waals surface area contributed by atoms with Gasteiger partial charge in [0.05, 0.1) is 12.5 Å². The van der Waals surface area contributed by atoms with Crippen molar-refractivity contribution in [3.8, 4) is 0 Å².